The number of nitriles is 1. The minimum Gasteiger partial charge on any atom is -0.378 e. The molecule has 1 atom stereocenters. The van der Waals surface area contributed by atoms with Crippen molar-refractivity contribution in [3.05, 3.63) is 59.4 Å². The number of amides is 1. The summed E-state index contributed by atoms with van der Waals surface area (Å²) in [5.41, 5.74) is 2.90. The normalized spacial score (nSPS) is 21.8. The third kappa shape index (κ3) is 3.64. The summed E-state index contributed by atoms with van der Waals surface area (Å²) in [5, 5.41) is 12.8. The maximum atomic E-state index is 12.9. The molecule has 1 N–H and O–H groups in total. The summed E-state index contributed by atoms with van der Waals surface area (Å²) in [4.78, 5) is 19.3. The molecular formula is C21H22N4O2. The van der Waals surface area contributed by atoms with Crippen LogP contribution in [-0.4, -0.2) is 42.7 Å². The van der Waals surface area contributed by atoms with Gasteiger partial charge in [-0.2, -0.15) is 5.26 Å². The zero-order valence-corrected chi connectivity index (χ0v) is 15.1. The Morgan fingerprint density at radius 3 is 2.78 bits per heavy atom. The van der Waals surface area contributed by atoms with Crippen LogP contribution >= 0.6 is 0 Å². The van der Waals surface area contributed by atoms with Gasteiger partial charge in [0.2, 0.25) is 0 Å². The Bertz CT molecular complexity index is 886. The highest BCUT2D eigenvalue weighted by atomic mass is 16.5. The fraction of sp³-hybridized carbons (Fsp3) is 0.381. The summed E-state index contributed by atoms with van der Waals surface area (Å²) in [6.07, 6.45) is 5.25. The first-order valence-electron chi connectivity index (χ1n) is 9.27. The maximum absolute atomic E-state index is 12.9. The van der Waals surface area contributed by atoms with Crippen LogP contribution in [0.3, 0.4) is 0 Å². The number of carbonyl (C=O) groups is 1. The van der Waals surface area contributed by atoms with Gasteiger partial charge in [-0.3, -0.25) is 9.78 Å². The van der Waals surface area contributed by atoms with Gasteiger partial charge in [0.15, 0.2) is 0 Å². The summed E-state index contributed by atoms with van der Waals surface area (Å²) in [6, 6.07) is 12.3. The number of hydrogen-bond acceptors (Lipinski definition) is 5. The second-order valence-electron chi connectivity index (χ2n) is 7.12. The van der Waals surface area contributed by atoms with E-state index in [2.05, 4.69) is 27.3 Å². The first kappa shape index (κ1) is 17.5. The van der Waals surface area contributed by atoms with Crippen LogP contribution in [-0.2, 0) is 17.6 Å². The Kier molecular flexibility index (Phi) is 4.78. The summed E-state index contributed by atoms with van der Waals surface area (Å²) in [6.45, 7) is 2.91. The standard InChI is InChI=1S/C21H22N4O2/c22-15-21(6-5-16-3-1-2-4-17(16)12-21)24-20(26)18-11-19(14-23-13-18)25-7-9-27-10-8-25/h1-4,11,13-14H,5-10,12H2,(H,24,26). The Balaban J connectivity index is 1.52. The molecule has 4 rings (SSSR count). The lowest BCUT2D eigenvalue weighted by Gasteiger charge is -2.33. The van der Waals surface area contributed by atoms with Gasteiger partial charge in [0, 0.05) is 25.7 Å². The van der Waals surface area contributed by atoms with E-state index in [0.717, 1.165) is 30.8 Å². The van der Waals surface area contributed by atoms with Crippen LogP contribution in [0, 0.1) is 11.3 Å². The SMILES string of the molecule is N#CC1(NC(=O)c2cncc(N3CCOCC3)c2)CCc2ccccc2C1. The van der Waals surface area contributed by atoms with Crippen molar-refractivity contribution in [2.24, 2.45) is 0 Å². The number of aryl methyl sites for hydroxylation is 1. The molecule has 2 aromatic rings. The third-order valence-electron chi connectivity index (χ3n) is 5.36. The van der Waals surface area contributed by atoms with E-state index in [0.29, 0.717) is 31.6 Å². The number of rotatable bonds is 3. The lowest BCUT2D eigenvalue weighted by atomic mass is 9.78. The van der Waals surface area contributed by atoms with Gasteiger partial charge in [-0.1, -0.05) is 24.3 Å². The number of aromatic nitrogens is 1. The van der Waals surface area contributed by atoms with Gasteiger partial charge in [-0.15, -0.1) is 0 Å². The molecule has 1 fully saturated rings. The summed E-state index contributed by atoms with van der Waals surface area (Å²) in [5.74, 6) is -0.251. The molecule has 1 aromatic heterocycles. The van der Waals surface area contributed by atoms with Crippen molar-refractivity contribution in [3.8, 4) is 6.07 Å². The number of ether oxygens (including phenoxy) is 1. The predicted octanol–water partition coefficient (Wildman–Crippen LogP) is 2.10. The number of benzene rings is 1. The fourth-order valence-electron chi connectivity index (χ4n) is 3.80. The van der Waals surface area contributed by atoms with E-state index >= 15 is 0 Å². The van der Waals surface area contributed by atoms with E-state index in [-0.39, 0.29) is 5.91 Å². The van der Waals surface area contributed by atoms with Crippen LogP contribution in [0.2, 0.25) is 0 Å². The molecule has 0 saturated carbocycles. The molecule has 1 unspecified atom stereocenters. The molecule has 138 valence electrons. The highest BCUT2D eigenvalue weighted by Crippen LogP contribution is 2.29. The lowest BCUT2D eigenvalue weighted by Crippen LogP contribution is -2.51. The number of morpholine rings is 1. The van der Waals surface area contributed by atoms with Gasteiger partial charge >= 0.3 is 0 Å². The van der Waals surface area contributed by atoms with Crippen molar-refractivity contribution < 1.29 is 9.53 Å². The number of fused-ring (bicyclic) bond motifs is 1. The largest absolute Gasteiger partial charge is 0.378 e. The van der Waals surface area contributed by atoms with Gasteiger partial charge in [0.05, 0.1) is 36.7 Å². The van der Waals surface area contributed by atoms with Crippen molar-refractivity contribution in [1.82, 2.24) is 10.3 Å². The van der Waals surface area contributed by atoms with Crippen molar-refractivity contribution in [1.29, 1.82) is 5.26 Å². The van der Waals surface area contributed by atoms with Crippen LogP contribution in [0.15, 0.2) is 42.7 Å². The van der Waals surface area contributed by atoms with Crippen molar-refractivity contribution in [2.45, 2.75) is 24.8 Å². The van der Waals surface area contributed by atoms with E-state index in [9.17, 15) is 10.1 Å². The second-order valence-corrected chi connectivity index (χ2v) is 7.12. The van der Waals surface area contributed by atoms with Crippen molar-refractivity contribution >= 4 is 11.6 Å². The molecular weight excluding hydrogens is 340 g/mol. The quantitative estimate of drug-likeness (QED) is 0.905. The van der Waals surface area contributed by atoms with E-state index in [1.165, 1.54) is 5.56 Å². The van der Waals surface area contributed by atoms with E-state index in [1.807, 2.05) is 24.3 Å². The van der Waals surface area contributed by atoms with Crippen LogP contribution in [0.5, 0.6) is 0 Å². The molecule has 2 aliphatic rings. The highest BCUT2D eigenvalue weighted by molar-refractivity contribution is 5.95. The number of nitrogens with zero attached hydrogens (tertiary/aromatic N) is 3. The lowest BCUT2D eigenvalue weighted by molar-refractivity contribution is 0.0913. The van der Waals surface area contributed by atoms with E-state index in [1.54, 1.807) is 12.4 Å². The average Bonchev–Trinajstić information content (AvgIpc) is 2.74. The first-order valence-corrected chi connectivity index (χ1v) is 9.27. The second kappa shape index (κ2) is 7.37. The molecule has 1 aliphatic carbocycles. The zero-order valence-electron chi connectivity index (χ0n) is 15.1. The van der Waals surface area contributed by atoms with Gasteiger partial charge < -0.3 is 15.0 Å². The molecule has 1 saturated heterocycles. The van der Waals surface area contributed by atoms with Crippen LogP contribution < -0.4 is 10.2 Å². The van der Waals surface area contributed by atoms with Gasteiger partial charge in [0.25, 0.3) is 5.91 Å². The fourth-order valence-corrected chi connectivity index (χ4v) is 3.80. The third-order valence-corrected chi connectivity index (χ3v) is 5.36. The van der Waals surface area contributed by atoms with Crippen LogP contribution in [0.1, 0.15) is 27.9 Å². The summed E-state index contributed by atoms with van der Waals surface area (Å²) < 4.78 is 5.38. The molecule has 6 heteroatoms. The highest BCUT2D eigenvalue weighted by Gasteiger charge is 2.36. The number of anilines is 1. The Hall–Kier alpha value is -2.91. The molecule has 2 heterocycles. The van der Waals surface area contributed by atoms with Crippen molar-refractivity contribution in [2.75, 3.05) is 31.2 Å². The van der Waals surface area contributed by atoms with Crippen LogP contribution in [0.4, 0.5) is 5.69 Å². The molecule has 6 nitrogen and oxygen atoms in total. The minimum atomic E-state index is -0.875. The van der Waals surface area contributed by atoms with Crippen LogP contribution in [0.25, 0.3) is 0 Å². The first-order chi connectivity index (χ1) is 13.2. The molecule has 0 radical (unpaired) electrons. The van der Waals surface area contributed by atoms with Gasteiger partial charge in [0.1, 0.15) is 5.54 Å². The molecule has 1 amide bonds. The number of nitrogens with one attached hydrogen (secondary N) is 1. The molecule has 0 spiro atoms. The molecule has 27 heavy (non-hydrogen) atoms. The monoisotopic (exact) mass is 362 g/mol. The number of carbonyl (C=O) groups excluding carboxylic acids is 1. The Morgan fingerprint density at radius 2 is 2.00 bits per heavy atom. The van der Waals surface area contributed by atoms with E-state index in [4.69, 9.17) is 4.74 Å². The number of pyridine rings is 1. The average molecular weight is 362 g/mol. The summed E-state index contributed by atoms with van der Waals surface area (Å²) >= 11 is 0. The van der Waals surface area contributed by atoms with Crippen molar-refractivity contribution in [3.63, 3.8) is 0 Å². The smallest absolute Gasteiger partial charge is 0.254 e. The van der Waals surface area contributed by atoms with E-state index < -0.39 is 5.54 Å². The maximum Gasteiger partial charge on any atom is 0.254 e. The number of hydrogen-bond donors (Lipinski definition) is 1. The summed E-state index contributed by atoms with van der Waals surface area (Å²) in [7, 11) is 0. The Morgan fingerprint density at radius 1 is 1.22 bits per heavy atom. The predicted molar refractivity (Wildman–Crippen MR) is 102 cm³/mol. The molecule has 1 aromatic carbocycles. The van der Waals surface area contributed by atoms with Gasteiger partial charge in [-0.05, 0) is 30.0 Å². The minimum absolute atomic E-state index is 0.251. The Labute approximate surface area is 158 Å². The van der Waals surface area contributed by atoms with Gasteiger partial charge in [-0.25, -0.2) is 0 Å². The molecule has 1 aliphatic heterocycles. The topological polar surface area (TPSA) is 78.2 Å². The zero-order chi connectivity index (χ0) is 18.7. The molecule has 0 bridgehead atoms.